The first kappa shape index (κ1) is 29.4. The lowest BCUT2D eigenvalue weighted by molar-refractivity contribution is -0.121. The van der Waals surface area contributed by atoms with Gasteiger partial charge in [-0.05, 0) is 73.7 Å². The van der Waals surface area contributed by atoms with Gasteiger partial charge in [-0.15, -0.1) is 0 Å². The molecule has 0 aromatic heterocycles. The van der Waals surface area contributed by atoms with Crippen LogP contribution >= 0.6 is 15.9 Å². The summed E-state index contributed by atoms with van der Waals surface area (Å²) < 4.78 is 55.9. The molecule has 4 rings (SSSR count). The Morgan fingerprint density at radius 2 is 1.41 bits per heavy atom. The Bertz CT molecular complexity index is 1490. The maximum Gasteiger partial charge on any atom is 0.243 e. The van der Waals surface area contributed by atoms with Gasteiger partial charge < -0.3 is 5.32 Å². The van der Waals surface area contributed by atoms with Gasteiger partial charge in [0, 0.05) is 30.7 Å². The highest BCUT2D eigenvalue weighted by molar-refractivity contribution is 9.10. The molecule has 1 amide bonds. The second kappa shape index (κ2) is 12.7. The van der Waals surface area contributed by atoms with Crippen molar-refractivity contribution in [2.75, 3.05) is 26.2 Å². The van der Waals surface area contributed by atoms with Crippen molar-refractivity contribution in [1.29, 1.82) is 0 Å². The number of hydrogen-bond donors (Lipinski definition) is 1. The lowest BCUT2D eigenvalue weighted by Gasteiger charge is -2.22. The maximum absolute atomic E-state index is 13.4. The highest BCUT2D eigenvalue weighted by atomic mass is 79.9. The molecule has 1 saturated heterocycles. The lowest BCUT2D eigenvalue weighted by atomic mass is 10.1. The van der Waals surface area contributed by atoms with Gasteiger partial charge in [-0.3, -0.25) is 4.79 Å². The summed E-state index contributed by atoms with van der Waals surface area (Å²) in [6.07, 6.45) is 2.24. The van der Waals surface area contributed by atoms with E-state index in [0.29, 0.717) is 19.5 Å². The van der Waals surface area contributed by atoms with Crippen LogP contribution < -0.4 is 5.32 Å². The van der Waals surface area contributed by atoms with E-state index >= 15 is 0 Å². The smallest absolute Gasteiger partial charge is 0.243 e. The number of carbonyl (C=O) groups is 1. The van der Waals surface area contributed by atoms with Gasteiger partial charge in [0.25, 0.3) is 0 Å². The molecular weight excluding hydrogens is 602 g/mol. The fourth-order valence-corrected chi connectivity index (χ4v) is 7.51. The Balaban J connectivity index is 1.39. The lowest BCUT2D eigenvalue weighted by Crippen LogP contribution is -2.40. The van der Waals surface area contributed by atoms with Crippen LogP contribution in [-0.4, -0.2) is 57.5 Å². The molecule has 39 heavy (non-hydrogen) atoms. The summed E-state index contributed by atoms with van der Waals surface area (Å²) in [5.41, 5.74) is 2.56. The average molecular weight is 635 g/mol. The van der Waals surface area contributed by atoms with Crippen LogP contribution in [0.15, 0.2) is 87.1 Å². The molecule has 0 spiro atoms. The summed E-state index contributed by atoms with van der Waals surface area (Å²) in [5, 5.41) is 2.80. The second-order valence-electron chi connectivity index (χ2n) is 9.57. The molecule has 0 bridgehead atoms. The Kier molecular flexibility index (Phi) is 9.60. The number of carbonyl (C=O) groups excluding carboxylic acids is 1. The summed E-state index contributed by atoms with van der Waals surface area (Å²) in [7, 11) is -7.40. The van der Waals surface area contributed by atoms with Crippen molar-refractivity contribution in [2.24, 2.45) is 0 Å². The predicted octanol–water partition coefficient (Wildman–Crippen LogP) is 4.09. The standard InChI is InChI=1S/C28H32BrN3O5S2/c1-22-4-12-26(13-5-22)39(36,37)32(20-24-6-10-25(29)11-7-24)21-28(33)30-17-16-23-8-14-27(15-9-23)38(34,35)31-18-2-3-19-31/h4-15H,2-3,16-21H2,1H3,(H,30,33). The third kappa shape index (κ3) is 7.55. The van der Waals surface area contributed by atoms with Gasteiger partial charge in [0.05, 0.1) is 16.3 Å². The van der Waals surface area contributed by atoms with Gasteiger partial charge in [-0.2, -0.15) is 8.61 Å². The first-order valence-corrected chi connectivity index (χ1v) is 16.4. The first-order valence-electron chi connectivity index (χ1n) is 12.7. The number of nitrogens with one attached hydrogen (secondary N) is 1. The number of halogens is 1. The Labute approximate surface area is 239 Å². The van der Waals surface area contributed by atoms with Crippen molar-refractivity contribution < 1.29 is 21.6 Å². The zero-order valence-electron chi connectivity index (χ0n) is 21.7. The van der Waals surface area contributed by atoms with Gasteiger partial charge in [0.2, 0.25) is 26.0 Å². The Morgan fingerprint density at radius 3 is 2.03 bits per heavy atom. The zero-order chi connectivity index (χ0) is 28.0. The van der Waals surface area contributed by atoms with Gasteiger partial charge in [-0.25, -0.2) is 16.8 Å². The molecule has 3 aromatic rings. The number of sulfonamides is 2. The highest BCUT2D eigenvalue weighted by Gasteiger charge is 2.28. The zero-order valence-corrected chi connectivity index (χ0v) is 24.9. The third-order valence-electron chi connectivity index (χ3n) is 6.61. The molecular formula is C28H32BrN3O5S2. The average Bonchev–Trinajstić information content (AvgIpc) is 3.46. The summed E-state index contributed by atoms with van der Waals surface area (Å²) >= 11 is 3.38. The van der Waals surface area contributed by atoms with Crippen LogP contribution in [0.25, 0.3) is 0 Å². The second-order valence-corrected chi connectivity index (χ2v) is 14.4. The number of amides is 1. The molecule has 11 heteroatoms. The van der Waals surface area contributed by atoms with Crippen LogP contribution in [0, 0.1) is 6.92 Å². The molecule has 1 fully saturated rings. The summed E-state index contributed by atoms with van der Waals surface area (Å²) in [6.45, 7) is 2.98. The minimum absolute atomic E-state index is 0.0455. The van der Waals surface area contributed by atoms with E-state index in [4.69, 9.17) is 0 Å². The van der Waals surface area contributed by atoms with E-state index in [9.17, 15) is 21.6 Å². The van der Waals surface area contributed by atoms with Crippen molar-refractivity contribution in [3.05, 3.63) is 94.0 Å². The van der Waals surface area contributed by atoms with Crippen molar-refractivity contribution in [3.8, 4) is 0 Å². The predicted molar refractivity (Wildman–Crippen MR) is 154 cm³/mol. The van der Waals surface area contributed by atoms with Crippen molar-refractivity contribution in [1.82, 2.24) is 13.9 Å². The highest BCUT2D eigenvalue weighted by Crippen LogP contribution is 2.22. The fourth-order valence-electron chi connectivity index (χ4n) is 4.35. The SMILES string of the molecule is Cc1ccc(S(=O)(=O)N(CC(=O)NCCc2ccc(S(=O)(=O)N3CCCC3)cc2)Cc2ccc(Br)cc2)cc1. The molecule has 3 aromatic carbocycles. The van der Waals surface area contributed by atoms with Crippen LogP contribution in [0.5, 0.6) is 0 Å². The summed E-state index contributed by atoms with van der Waals surface area (Å²) in [5.74, 6) is -0.420. The normalized spacial score (nSPS) is 14.5. The quantitative estimate of drug-likeness (QED) is 0.342. The third-order valence-corrected chi connectivity index (χ3v) is 10.9. The molecule has 0 unspecified atom stereocenters. The maximum atomic E-state index is 13.4. The number of aryl methyl sites for hydroxylation is 1. The van der Waals surface area contributed by atoms with Crippen molar-refractivity contribution >= 4 is 41.9 Å². The first-order chi connectivity index (χ1) is 18.6. The Morgan fingerprint density at radius 1 is 0.846 bits per heavy atom. The van der Waals surface area contributed by atoms with Crippen LogP contribution in [0.3, 0.4) is 0 Å². The number of benzene rings is 3. The van der Waals surface area contributed by atoms with Gasteiger partial charge in [0.1, 0.15) is 0 Å². The van der Waals surface area contributed by atoms with Crippen LogP contribution in [0.4, 0.5) is 0 Å². The number of hydrogen-bond acceptors (Lipinski definition) is 5. The van der Waals surface area contributed by atoms with Crippen LogP contribution in [0.1, 0.15) is 29.5 Å². The molecule has 1 heterocycles. The van der Waals surface area contributed by atoms with Crippen LogP contribution in [0.2, 0.25) is 0 Å². The van der Waals surface area contributed by atoms with E-state index in [0.717, 1.165) is 34.0 Å². The van der Waals surface area contributed by atoms with Gasteiger partial charge in [0.15, 0.2) is 0 Å². The monoisotopic (exact) mass is 633 g/mol. The van der Waals surface area contributed by atoms with E-state index in [1.54, 1.807) is 48.5 Å². The topological polar surface area (TPSA) is 104 Å². The number of rotatable bonds is 11. The molecule has 8 nitrogen and oxygen atoms in total. The van der Waals surface area contributed by atoms with Gasteiger partial charge >= 0.3 is 0 Å². The minimum atomic E-state index is -3.92. The van der Waals surface area contributed by atoms with E-state index in [2.05, 4.69) is 21.2 Å². The summed E-state index contributed by atoms with van der Waals surface area (Å²) in [4.78, 5) is 13.2. The molecule has 1 aliphatic rings. The minimum Gasteiger partial charge on any atom is -0.355 e. The van der Waals surface area contributed by atoms with E-state index in [1.165, 1.54) is 8.61 Å². The van der Waals surface area contributed by atoms with E-state index in [1.807, 2.05) is 31.2 Å². The summed E-state index contributed by atoms with van der Waals surface area (Å²) in [6, 6.07) is 20.5. The molecule has 1 aliphatic heterocycles. The number of nitrogens with zero attached hydrogens (tertiary/aromatic N) is 2. The molecule has 0 atom stereocenters. The van der Waals surface area contributed by atoms with Crippen LogP contribution in [-0.2, 0) is 37.8 Å². The largest absolute Gasteiger partial charge is 0.355 e. The van der Waals surface area contributed by atoms with E-state index < -0.39 is 26.0 Å². The molecule has 0 saturated carbocycles. The fraction of sp³-hybridized carbons (Fsp3) is 0.321. The van der Waals surface area contributed by atoms with Gasteiger partial charge in [-0.1, -0.05) is 57.9 Å². The van der Waals surface area contributed by atoms with Crippen molar-refractivity contribution in [3.63, 3.8) is 0 Å². The molecule has 208 valence electrons. The van der Waals surface area contributed by atoms with E-state index in [-0.39, 0.29) is 29.4 Å². The molecule has 1 N–H and O–H groups in total. The molecule has 0 aliphatic carbocycles. The molecule has 0 radical (unpaired) electrons. The Hall–Kier alpha value is -2.57. The van der Waals surface area contributed by atoms with Crippen molar-refractivity contribution in [2.45, 2.75) is 42.5 Å².